The fourth-order valence-corrected chi connectivity index (χ4v) is 4.38. The number of aromatic nitrogens is 2. The van der Waals surface area contributed by atoms with Crippen molar-refractivity contribution >= 4 is 6.03 Å². The van der Waals surface area contributed by atoms with Crippen molar-refractivity contribution in [3.63, 3.8) is 0 Å². The highest BCUT2D eigenvalue weighted by molar-refractivity contribution is 5.74. The number of imidazole rings is 1. The first-order chi connectivity index (χ1) is 12.1. The second-order valence-corrected chi connectivity index (χ2v) is 7.78. The van der Waals surface area contributed by atoms with E-state index in [4.69, 9.17) is 0 Å². The largest absolute Gasteiger partial charge is 0.385 e. The number of aryl methyl sites for hydroxylation is 1. The first kappa shape index (κ1) is 18.2. The van der Waals surface area contributed by atoms with E-state index in [2.05, 4.69) is 17.2 Å². The second kappa shape index (κ2) is 8.21. The van der Waals surface area contributed by atoms with Crippen molar-refractivity contribution in [2.75, 3.05) is 13.1 Å². The van der Waals surface area contributed by atoms with Gasteiger partial charge in [-0.25, -0.2) is 9.78 Å². The molecule has 1 aromatic heterocycles. The van der Waals surface area contributed by atoms with E-state index in [1.807, 2.05) is 22.7 Å². The van der Waals surface area contributed by atoms with Crippen molar-refractivity contribution in [2.24, 2.45) is 18.9 Å². The van der Waals surface area contributed by atoms with E-state index in [1.165, 1.54) is 19.3 Å². The third kappa shape index (κ3) is 4.35. The van der Waals surface area contributed by atoms with Gasteiger partial charge in [0.25, 0.3) is 0 Å². The molecule has 1 aliphatic heterocycles. The lowest BCUT2D eigenvalue weighted by Crippen LogP contribution is -2.50. The molecule has 25 heavy (non-hydrogen) atoms. The van der Waals surface area contributed by atoms with E-state index >= 15 is 0 Å². The molecule has 0 aromatic carbocycles. The molecule has 1 saturated heterocycles. The van der Waals surface area contributed by atoms with Gasteiger partial charge < -0.3 is 19.9 Å². The van der Waals surface area contributed by atoms with E-state index in [9.17, 15) is 9.90 Å². The molecule has 0 radical (unpaired) electrons. The zero-order chi connectivity index (χ0) is 17.8. The minimum absolute atomic E-state index is 0.0403. The molecule has 4 unspecified atom stereocenters. The smallest absolute Gasteiger partial charge is 0.317 e. The van der Waals surface area contributed by atoms with Gasteiger partial charge in [-0.1, -0.05) is 26.2 Å². The van der Waals surface area contributed by atoms with E-state index in [-0.39, 0.29) is 11.9 Å². The second-order valence-electron chi connectivity index (χ2n) is 7.78. The molecular formula is C19H32N4O2. The number of hydrogen-bond donors (Lipinski definition) is 2. The lowest BCUT2D eigenvalue weighted by molar-refractivity contribution is 0.0524. The average Bonchev–Trinajstić information content (AvgIpc) is 3.07. The Kier molecular flexibility index (Phi) is 5.99. The molecule has 2 N–H and O–H groups in total. The zero-order valence-corrected chi connectivity index (χ0v) is 15.5. The van der Waals surface area contributed by atoms with Crippen LogP contribution >= 0.6 is 0 Å². The molecule has 2 amide bonds. The van der Waals surface area contributed by atoms with E-state index in [1.54, 1.807) is 6.20 Å². The maximum atomic E-state index is 12.7. The molecule has 140 valence electrons. The number of aliphatic hydroxyl groups excluding tert-OH is 1. The summed E-state index contributed by atoms with van der Waals surface area (Å²) in [5.41, 5.74) is 0. The van der Waals surface area contributed by atoms with Gasteiger partial charge in [-0.2, -0.15) is 0 Å². The average molecular weight is 348 g/mol. The first-order valence-electron chi connectivity index (χ1n) is 9.79. The number of urea groups is 1. The number of carbonyl (C=O) groups excluding carboxylic acids is 1. The van der Waals surface area contributed by atoms with Crippen LogP contribution in [-0.4, -0.2) is 44.7 Å². The first-order valence-corrected chi connectivity index (χ1v) is 9.79. The van der Waals surface area contributed by atoms with E-state index < -0.39 is 6.10 Å². The summed E-state index contributed by atoms with van der Waals surface area (Å²) < 4.78 is 1.86. The quantitative estimate of drug-likeness (QED) is 0.879. The van der Waals surface area contributed by atoms with Gasteiger partial charge in [0.05, 0.1) is 0 Å². The van der Waals surface area contributed by atoms with Crippen molar-refractivity contribution in [3.8, 4) is 0 Å². The van der Waals surface area contributed by atoms with Crippen LogP contribution in [0.5, 0.6) is 0 Å². The van der Waals surface area contributed by atoms with Crippen molar-refractivity contribution in [1.29, 1.82) is 0 Å². The van der Waals surface area contributed by atoms with Crippen LogP contribution in [0.1, 0.15) is 63.8 Å². The Labute approximate surface area is 150 Å². The summed E-state index contributed by atoms with van der Waals surface area (Å²) in [6, 6.07) is 0.351. The van der Waals surface area contributed by atoms with Gasteiger partial charge in [-0.15, -0.1) is 0 Å². The number of nitrogens with zero attached hydrogens (tertiary/aromatic N) is 3. The Morgan fingerprint density at radius 3 is 2.96 bits per heavy atom. The molecule has 4 atom stereocenters. The van der Waals surface area contributed by atoms with Gasteiger partial charge in [0.2, 0.25) is 0 Å². The van der Waals surface area contributed by atoms with Crippen LogP contribution in [0.2, 0.25) is 0 Å². The highest BCUT2D eigenvalue weighted by atomic mass is 16.3. The number of rotatable bonds is 4. The molecule has 6 heteroatoms. The molecule has 0 spiro atoms. The number of carbonyl (C=O) groups is 1. The highest BCUT2D eigenvalue weighted by Crippen LogP contribution is 2.30. The summed E-state index contributed by atoms with van der Waals surface area (Å²) in [5, 5.41) is 13.9. The number of piperidine rings is 1. The third-order valence-electron chi connectivity index (χ3n) is 6.00. The molecule has 1 aliphatic carbocycles. The van der Waals surface area contributed by atoms with Crippen LogP contribution in [0.25, 0.3) is 0 Å². The minimum atomic E-state index is -0.616. The minimum Gasteiger partial charge on any atom is -0.385 e. The predicted molar refractivity (Wildman–Crippen MR) is 97.0 cm³/mol. The number of nitrogens with one attached hydrogen (secondary N) is 1. The summed E-state index contributed by atoms with van der Waals surface area (Å²) in [7, 11) is 1.89. The Balaban J connectivity index is 1.55. The molecule has 3 rings (SSSR count). The molecule has 6 nitrogen and oxygen atoms in total. The monoisotopic (exact) mass is 348 g/mol. The Morgan fingerprint density at radius 2 is 2.24 bits per heavy atom. The third-order valence-corrected chi connectivity index (χ3v) is 6.00. The zero-order valence-electron chi connectivity index (χ0n) is 15.5. The van der Waals surface area contributed by atoms with Crippen molar-refractivity contribution in [2.45, 2.75) is 64.0 Å². The van der Waals surface area contributed by atoms with Crippen LogP contribution in [0.15, 0.2) is 12.4 Å². The van der Waals surface area contributed by atoms with Crippen LogP contribution in [0.3, 0.4) is 0 Å². The maximum Gasteiger partial charge on any atom is 0.317 e. The van der Waals surface area contributed by atoms with Gasteiger partial charge in [-0.3, -0.25) is 0 Å². The number of hydrogen-bond acceptors (Lipinski definition) is 3. The van der Waals surface area contributed by atoms with Crippen LogP contribution < -0.4 is 5.32 Å². The summed E-state index contributed by atoms with van der Waals surface area (Å²) in [4.78, 5) is 18.8. The molecule has 0 bridgehead atoms. The van der Waals surface area contributed by atoms with Gasteiger partial charge >= 0.3 is 6.03 Å². The molecule has 1 aromatic rings. The Hall–Kier alpha value is -1.56. The normalized spacial score (nSPS) is 28.6. The van der Waals surface area contributed by atoms with Crippen LogP contribution in [0.4, 0.5) is 4.79 Å². The summed E-state index contributed by atoms with van der Waals surface area (Å²) in [5.74, 6) is 1.49. The molecule has 2 aliphatic rings. The molecular weight excluding hydrogens is 316 g/mol. The highest BCUT2D eigenvalue weighted by Gasteiger charge is 2.32. The summed E-state index contributed by atoms with van der Waals surface area (Å²) in [6.45, 7) is 3.62. The SMILES string of the molecule is CCC1CCCC(NC(=O)N2CCCC(C(O)c3nccn3C)C2)C1. The summed E-state index contributed by atoms with van der Waals surface area (Å²) >= 11 is 0. The summed E-state index contributed by atoms with van der Waals surface area (Å²) in [6.07, 6.45) is 10.7. The van der Waals surface area contributed by atoms with Crippen LogP contribution in [0, 0.1) is 11.8 Å². The molecule has 2 fully saturated rings. The standard InChI is InChI=1S/C19H32N4O2/c1-3-14-6-4-8-16(12-14)21-19(25)23-10-5-7-15(13-23)17(24)18-20-9-11-22(18)2/h9,11,14-17,24H,3-8,10,12-13H2,1-2H3,(H,21,25). The van der Waals surface area contributed by atoms with Gasteiger partial charge in [0.15, 0.2) is 0 Å². The molecule has 2 heterocycles. The Morgan fingerprint density at radius 1 is 1.40 bits per heavy atom. The van der Waals surface area contributed by atoms with Crippen molar-refractivity contribution in [1.82, 2.24) is 19.8 Å². The van der Waals surface area contributed by atoms with E-state index in [0.29, 0.717) is 18.4 Å². The van der Waals surface area contributed by atoms with Gasteiger partial charge in [-0.05, 0) is 31.6 Å². The fourth-order valence-electron chi connectivity index (χ4n) is 4.38. The number of likely N-dealkylation sites (tertiary alicyclic amines) is 1. The lowest BCUT2D eigenvalue weighted by Gasteiger charge is -2.37. The van der Waals surface area contributed by atoms with Crippen molar-refractivity contribution in [3.05, 3.63) is 18.2 Å². The maximum absolute atomic E-state index is 12.7. The molecule has 1 saturated carbocycles. The van der Waals surface area contributed by atoms with Gasteiger partial charge in [0.1, 0.15) is 11.9 Å². The number of aliphatic hydroxyl groups is 1. The lowest BCUT2D eigenvalue weighted by atomic mass is 9.84. The topological polar surface area (TPSA) is 70.4 Å². The van der Waals surface area contributed by atoms with Crippen LogP contribution in [-0.2, 0) is 7.05 Å². The number of amides is 2. The Bertz CT molecular complexity index is 574. The van der Waals surface area contributed by atoms with Crippen molar-refractivity contribution < 1.29 is 9.90 Å². The fraction of sp³-hybridized carbons (Fsp3) is 0.789. The predicted octanol–water partition coefficient (Wildman–Crippen LogP) is 2.84. The van der Waals surface area contributed by atoms with E-state index in [0.717, 1.165) is 38.1 Å². The van der Waals surface area contributed by atoms with Gasteiger partial charge in [0, 0.05) is 44.5 Å².